The van der Waals surface area contributed by atoms with E-state index in [4.69, 9.17) is 4.74 Å². The lowest BCUT2D eigenvalue weighted by molar-refractivity contribution is -0.146. The highest BCUT2D eigenvalue weighted by atomic mass is 19.1. The van der Waals surface area contributed by atoms with E-state index in [1.165, 1.54) is 6.07 Å². The van der Waals surface area contributed by atoms with E-state index < -0.39 is 35.6 Å². The molecule has 0 fully saturated rings. The number of amides is 2. The zero-order valence-electron chi connectivity index (χ0n) is 20.3. The van der Waals surface area contributed by atoms with Gasteiger partial charge in [0.15, 0.2) is 0 Å². The molecule has 37 heavy (non-hydrogen) atoms. The van der Waals surface area contributed by atoms with E-state index in [0.29, 0.717) is 29.2 Å². The highest BCUT2D eigenvalue weighted by Crippen LogP contribution is 2.26. The average molecular weight is 507 g/mol. The summed E-state index contributed by atoms with van der Waals surface area (Å²) < 4.78 is 20.1. The minimum atomic E-state index is -1.29. The van der Waals surface area contributed by atoms with Gasteiger partial charge < -0.3 is 14.9 Å². The second-order valence-electron chi connectivity index (χ2n) is 8.77. The highest BCUT2D eigenvalue weighted by Gasteiger charge is 2.36. The number of carboxylic acids is 1. The molecule has 0 bridgehead atoms. The van der Waals surface area contributed by atoms with E-state index in [1.54, 1.807) is 54.7 Å². The fourth-order valence-electron chi connectivity index (χ4n) is 4.41. The number of imide groups is 1. The number of pyridine rings is 1. The van der Waals surface area contributed by atoms with Crippen molar-refractivity contribution in [2.45, 2.75) is 32.3 Å². The predicted molar refractivity (Wildman–Crippen MR) is 133 cm³/mol. The van der Waals surface area contributed by atoms with Gasteiger partial charge in [-0.1, -0.05) is 24.3 Å². The molecule has 192 valence electrons. The number of aromatic nitrogens is 1. The first-order chi connectivity index (χ1) is 17.8. The van der Waals surface area contributed by atoms with Gasteiger partial charge in [0.25, 0.3) is 11.8 Å². The Balaban J connectivity index is 1.36. The third-order valence-electron chi connectivity index (χ3n) is 6.45. The molecule has 0 saturated carbocycles. The molecule has 0 radical (unpaired) electrons. The maximum atomic E-state index is 14.8. The molecule has 4 rings (SSSR count). The van der Waals surface area contributed by atoms with E-state index in [0.717, 1.165) is 4.90 Å². The molecule has 0 saturated heterocycles. The van der Waals surface area contributed by atoms with Crippen LogP contribution in [0, 0.1) is 11.7 Å². The van der Waals surface area contributed by atoms with Crippen LogP contribution in [0.25, 0.3) is 11.1 Å². The lowest BCUT2D eigenvalue weighted by Crippen LogP contribution is -2.36. The van der Waals surface area contributed by atoms with Crippen molar-refractivity contribution in [1.29, 1.82) is 0 Å². The predicted octanol–water partition coefficient (Wildman–Crippen LogP) is 3.97. The largest absolute Gasteiger partial charge is 0.481 e. The molecule has 8 nitrogen and oxygen atoms in total. The smallest absolute Gasteiger partial charge is 0.309 e. The summed E-state index contributed by atoms with van der Waals surface area (Å²) in [5.74, 6) is -3.43. The topological polar surface area (TPSA) is 117 Å². The monoisotopic (exact) mass is 506 g/mol. The Labute approximate surface area is 213 Å². The van der Waals surface area contributed by atoms with Gasteiger partial charge in [-0.2, -0.15) is 0 Å². The van der Waals surface area contributed by atoms with Crippen LogP contribution in [-0.4, -0.2) is 57.1 Å². The number of aliphatic hydroxyl groups excluding tert-OH is 1. The second kappa shape index (κ2) is 11.3. The van der Waals surface area contributed by atoms with Crippen LogP contribution in [0.15, 0.2) is 60.8 Å². The zero-order valence-corrected chi connectivity index (χ0v) is 20.3. The molecule has 2 aromatic carbocycles. The van der Waals surface area contributed by atoms with Gasteiger partial charge in [-0.05, 0) is 61.6 Å². The summed E-state index contributed by atoms with van der Waals surface area (Å²) >= 11 is 0. The van der Waals surface area contributed by atoms with Crippen molar-refractivity contribution in [1.82, 2.24) is 9.88 Å². The van der Waals surface area contributed by atoms with Crippen LogP contribution in [-0.2, 0) is 11.2 Å². The van der Waals surface area contributed by atoms with Crippen molar-refractivity contribution in [2.75, 3.05) is 13.2 Å². The van der Waals surface area contributed by atoms with Crippen LogP contribution in [0.2, 0.25) is 0 Å². The fraction of sp³-hybridized carbons (Fsp3) is 0.286. The summed E-state index contributed by atoms with van der Waals surface area (Å²) in [6, 6.07) is 14.6. The maximum Gasteiger partial charge on any atom is 0.309 e. The minimum Gasteiger partial charge on any atom is -0.481 e. The van der Waals surface area contributed by atoms with Crippen molar-refractivity contribution >= 4 is 17.8 Å². The Morgan fingerprint density at radius 3 is 2.27 bits per heavy atom. The van der Waals surface area contributed by atoms with E-state index in [-0.39, 0.29) is 36.9 Å². The normalized spacial score (nSPS) is 14.4. The van der Waals surface area contributed by atoms with Crippen LogP contribution >= 0.6 is 0 Å². The zero-order chi connectivity index (χ0) is 26.5. The molecule has 2 atom stereocenters. The van der Waals surface area contributed by atoms with Gasteiger partial charge in [-0.15, -0.1) is 0 Å². The number of ether oxygens (including phenoxy) is 1. The Kier molecular flexibility index (Phi) is 7.93. The Morgan fingerprint density at radius 2 is 1.70 bits per heavy atom. The van der Waals surface area contributed by atoms with E-state index in [2.05, 4.69) is 4.98 Å². The van der Waals surface area contributed by atoms with Crippen LogP contribution in [0.5, 0.6) is 5.88 Å². The Hall–Kier alpha value is -4.11. The number of hydrogen-bond donors (Lipinski definition) is 2. The SMILES string of the molecule is CCOc1ccc(-c2ccc(CC[C@@H](O)[C@H](CCN3C(=O)c4ccccc4C3=O)C(=O)O)c(F)c2)cn1. The van der Waals surface area contributed by atoms with E-state index in [9.17, 15) is 29.0 Å². The van der Waals surface area contributed by atoms with Gasteiger partial charge in [-0.25, -0.2) is 9.37 Å². The molecule has 9 heteroatoms. The maximum absolute atomic E-state index is 14.8. The summed E-state index contributed by atoms with van der Waals surface area (Å²) in [7, 11) is 0. The van der Waals surface area contributed by atoms with Crippen molar-refractivity contribution in [3.63, 3.8) is 0 Å². The second-order valence-corrected chi connectivity index (χ2v) is 8.77. The number of halogens is 1. The first-order valence-electron chi connectivity index (χ1n) is 12.0. The van der Waals surface area contributed by atoms with E-state index in [1.807, 2.05) is 6.92 Å². The quantitative estimate of drug-likeness (QED) is 0.378. The molecular formula is C28H27FN2O6. The summed E-state index contributed by atoms with van der Waals surface area (Å²) in [6.07, 6.45) is 0.302. The van der Waals surface area contributed by atoms with Gasteiger partial charge in [0.2, 0.25) is 5.88 Å². The molecular weight excluding hydrogens is 479 g/mol. The lowest BCUT2D eigenvalue weighted by Gasteiger charge is -2.22. The molecule has 0 spiro atoms. The molecule has 2 amide bonds. The first-order valence-corrected chi connectivity index (χ1v) is 12.0. The summed E-state index contributed by atoms with van der Waals surface area (Å²) in [5.41, 5.74) is 2.24. The summed E-state index contributed by atoms with van der Waals surface area (Å²) in [4.78, 5) is 42.1. The first kappa shape index (κ1) is 26.0. The molecule has 0 unspecified atom stereocenters. The van der Waals surface area contributed by atoms with Crippen molar-refractivity contribution in [3.05, 3.63) is 83.3 Å². The van der Waals surface area contributed by atoms with Gasteiger partial charge in [-0.3, -0.25) is 19.3 Å². The number of aliphatic carboxylic acids is 1. The molecule has 2 N–H and O–H groups in total. The molecule has 1 aliphatic heterocycles. The van der Waals surface area contributed by atoms with Crippen molar-refractivity contribution in [3.8, 4) is 17.0 Å². The third-order valence-corrected chi connectivity index (χ3v) is 6.45. The number of rotatable bonds is 11. The van der Waals surface area contributed by atoms with Gasteiger partial charge in [0, 0.05) is 24.4 Å². The third kappa shape index (κ3) is 5.67. The fourth-order valence-corrected chi connectivity index (χ4v) is 4.41. The number of carbonyl (C=O) groups is 3. The van der Waals surface area contributed by atoms with Crippen LogP contribution in [0.4, 0.5) is 4.39 Å². The van der Waals surface area contributed by atoms with Gasteiger partial charge >= 0.3 is 5.97 Å². The number of carboxylic acid groups (broad SMARTS) is 1. The Bertz CT molecular complexity index is 1280. The van der Waals surface area contributed by atoms with Crippen molar-refractivity contribution in [2.24, 2.45) is 5.92 Å². The molecule has 1 aromatic heterocycles. The number of aryl methyl sites for hydroxylation is 1. The Morgan fingerprint density at radius 1 is 1.03 bits per heavy atom. The highest BCUT2D eigenvalue weighted by molar-refractivity contribution is 6.21. The standard InChI is InChI=1S/C28H27FN2O6/c1-2-37-25-12-10-19(16-30-25)18-8-7-17(23(29)15-18)9-11-24(32)22(28(35)36)13-14-31-26(33)20-5-3-4-6-21(20)27(31)34/h3-8,10,12,15-16,22,24,32H,2,9,11,13-14H2,1H3,(H,35,36)/t22-,24+/m0/s1. The number of nitrogens with zero attached hydrogens (tertiary/aromatic N) is 2. The molecule has 3 aromatic rings. The van der Waals surface area contributed by atoms with Crippen LogP contribution in [0.1, 0.15) is 46.0 Å². The number of hydrogen-bond acceptors (Lipinski definition) is 6. The summed E-state index contributed by atoms with van der Waals surface area (Å²) in [6.45, 7) is 2.21. The molecule has 0 aliphatic carbocycles. The van der Waals surface area contributed by atoms with Crippen LogP contribution in [0.3, 0.4) is 0 Å². The molecule has 2 heterocycles. The number of carbonyl (C=O) groups excluding carboxylic acids is 2. The van der Waals surface area contributed by atoms with Crippen molar-refractivity contribution < 1.29 is 33.7 Å². The van der Waals surface area contributed by atoms with Gasteiger partial charge in [0.05, 0.1) is 29.8 Å². The van der Waals surface area contributed by atoms with Gasteiger partial charge in [0.1, 0.15) is 5.82 Å². The molecule has 1 aliphatic rings. The minimum absolute atomic E-state index is 0.0000388. The van der Waals surface area contributed by atoms with Crippen LogP contribution < -0.4 is 4.74 Å². The number of fused-ring (bicyclic) bond motifs is 1. The lowest BCUT2D eigenvalue weighted by atomic mass is 9.92. The average Bonchev–Trinajstić information content (AvgIpc) is 3.13. The number of aliphatic hydroxyl groups is 1. The van der Waals surface area contributed by atoms with E-state index >= 15 is 0 Å². The summed E-state index contributed by atoms with van der Waals surface area (Å²) in [5, 5.41) is 20.3. The number of benzene rings is 2.